The largest absolute Gasteiger partial charge is 0.290 e. The number of carbonyl (C=O) groups is 1. The van der Waals surface area contributed by atoms with E-state index in [2.05, 4.69) is 18.7 Å². The van der Waals surface area contributed by atoms with Crippen molar-refractivity contribution >= 4 is 5.78 Å². The number of allylic oxidation sites excluding steroid dienone is 5. The van der Waals surface area contributed by atoms with Crippen molar-refractivity contribution in [2.75, 3.05) is 0 Å². The number of hydrogen-bond acceptors (Lipinski definition) is 1. The molecule has 0 aliphatic heterocycles. The molecule has 2 rings (SSSR count). The lowest BCUT2D eigenvalue weighted by molar-refractivity contribution is -0.110. The average Bonchev–Trinajstić information content (AvgIpc) is 2.34. The molecule has 80 valence electrons. The van der Waals surface area contributed by atoms with E-state index < -0.39 is 0 Å². The molecule has 1 aromatic rings. The SMILES string of the molecule is C=CCC1(c2ccccc2)C=CC(=O)C=C1. The van der Waals surface area contributed by atoms with E-state index in [1.807, 2.05) is 36.4 Å². The molecule has 1 aromatic carbocycles. The zero-order chi connectivity index (χ0) is 11.4. The van der Waals surface area contributed by atoms with Gasteiger partial charge in [-0.3, -0.25) is 4.79 Å². The Balaban J connectivity index is 2.45. The number of rotatable bonds is 3. The van der Waals surface area contributed by atoms with Crippen LogP contribution < -0.4 is 0 Å². The summed E-state index contributed by atoms with van der Waals surface area (Å²) in [6.45, 7) is 3.79. The summed E-state index contributed by atoms with van der Waals surface area (Å²) in [6.07, 6.45) is 9.89. The molecule has 0 aromatic heterocycles. The third-order valence-corrected chi connectivity index (χ3v) is 2.88. The van der Waals surface area contributed by atoms with Gasteiger partial charge in [-0.25, -0.2) is 0 Å². The highest BCUT2D eigenvalue weighted by Crippen LogP contribution is 2.33. The summed E-state index contributed by atoms with van der Waals surface area (Å²) < 4.78 is 0. The third kappa shape index (κ3) is 1.89. The van der Waals surface area contributed by atoms with E-state index in [0.29, 0.717) is 0 Å². The van der Waals surface area contributed by atoms with Crippen molar-refractivity contribution in [2.45, 2.75) is 11.8 Å². The minimum atomic E-state index is -0.198. The Labute approximate surface area is 95.8 Å². The number of hydrogen-bond donors (Lipinski definition) is 0. The first kappa shape index (κ1) is 10.6. The van der Waals surface area contributed by atoms with Gasteiger partial charge in [0.1, 0.15) is 0 Å². The molecule has 0 amide bonds. The molecule has 0 saturated heterocycles. The van der Waals surface area contributed by atoms with Gasteiger partial charge in [-0.05, 0) is 24.1 Å². The molecule has 0 fully saturated rings. The van der Waals surface area contributed by atoms with E-state index in [0.717, 1.165) is 6.42 Å². The maximum atomic E-state index is 11.2. The van der Waals surface area contributed by atoms with Crippen LogP contribution in [0.1, 0.15) is 12.0 Å². The Morgan fingerprint density at radius 2 is 1.75 bits per heavy atom. The summed E-state index contributed by atoms with van der Waals surface area (Å²) in [4.78, 5) is 11.2. The summed E-state index contributed by atoms with van der Waals surface area (Å²) in [5.74, 6) is 0.0515. The highest BCUT2D eigenvalue weighted by molar-refractivity contribution is 6.00. The van der Waals surface area contributed by atoms with Gasteiger partial charge >= 0.3 is 0 Å². The zero-order valence-electron chi connectivity index (χ0n) is 9.10. The summed E-state index contributed by atoms with van der Waals surface area (Å²) in [6, 6.07) is 10.2. The van der Waals surface area contributed by atoms with E-state index >= 15 is 0 Å². The molecule has 1 nitrogen and oxygen atoms in total. The van der Waals surface area contributed by atoms with Crippen LogP contribution in [0.15, 0.2) is 67.3 Å². The Morgan fingerprint density at radius 1 is 1.12 bits per heavy atom. The van der Waals surface area contributed by atoms with Gasteiger partial charge in [0.25, 0.3) is 0 Å². The molecular weight excluding hydrogens is 196 g/mol. The predicted octanol–water partition coefficient (Wildman–Crippen LogP) is 3.20. The van der Waals surface area contributed by atoms with Crippen LogP contribution in [0.25, 0.3) is 0 Å². The molecule has 0 N–H and O–H groups in total. The second-order valence-corrected chi connectivity index (χ2v) is 3.97. The number of benzene rings is 1. The molecule has 1 heteroatoms. The van der Waals surface area contributed by atoms with Gasteiger partial charge in [0, 0.05) is 5.41 Å². The molecule has 0 heterocycles. The van der Waals surface area contributed by atoms with E-state index in [1.54, 1.807) is 12.2 Å². The van der Waals surface area contributed by atoms with Gasteiger partial charge in [-0.15, -0.1) is 6.58 Å². The number of ketones is 1. The summed E-state index contributed by atoms with van der Waals surface area (Å²) in [5, 5.41) is 0. The van der Waals surface area contributed by atoms with Crippen molar-refractivity contribution in [3.8, 4) is 0 Å². The lowest BCUT2D eigenvalue weighted by Gasteiger charge is -2.28. The molecule has 1 aliphatic rings. The van der Waals surface area contributed by atoms with Crippen LogP contribution in [-0.4, -0.2) is 5.78 Å². The lowest BCUT2D eigenvalue weighted by atomic mass is 9.75. The van der Waals surface area contributed by atoms with Gasteiger partial charge in [-0.1, -0.05) is 48.6 Å². The van der Waals surface area contributed by atoms with Crippen LogP contribution in [0.4, 0.5) is 0 Å². The summed E-state index contributed by atoms with van der Waals surface area (Å²) >= 11 is 0. The topological polar surface area (TPSA) is 17.1 Å². The third-order valence-electron chi connectivity index (χ3n) is 2.88. The fourth-order valence-electron chi connectivity index (χ4n) is 2.01. The van der Waals surface area contributed by atoms with Crippen molar-refractivity contribution < 1.29 is 4.79 Å². The van der Waals surface area contributed by atoms with Crippen LogP contribution >= 0.6 is 0 Å². The molecule has 0 atom stereocenters. The number of carbonyl (C=O) groups excluding carboxylic acids is 1. The Bertz CT molecular complexity index is 436. The van der Waals surface area contributed by atoms with Crippen molar-refractivity contribution in [1.82, 2.24) is 0 Å². The van der Waals surface area contributed by atoms with Crippen molar-refractivity contribution in [1.29, 1.82) is 0 Å². The zero-order valence-corrected chi connectivity index (χ0v) is 9.10. The maximum Gasteiger partial charge on any atom is 0.178 e. The van der Waals surface area contributed by atoms with Crippen molar-refractivity contribution in [3.05, 3.63) is 72.9 Å². The van der Waals surface area contributed by atoms with Gasteiger partial charge in [0.2, 0.25) is 0 Å². The van der Waals surface area contributed by atoms with Gasteiger partial charge in [0.05, 0.1) is 0 Å². The monoisotopic (exact) mass is 210 g/mol. The molecular formula is C15H14O. The van der Waals surface area contributed by atoms with Crippen LogP contribution in [0.2, 0.25) is 0 Å². The maximum absolute atomic E-state index is 11.2. The van der Waals surface area contributed by atoms with Gasteiger partial charge in [0.15, 0.2) is 5.78 Å². The molecule has 0 radical (unpaired) electrons. The smallest absolute Gasteiger partial charge is 0.178 e. The molecule has 16 heavy (non-hydrogen) atoms. The molecule has 0 saturated carbocycles. The molecule has 1 aliphatic carbocycles. The minimum Gasteiger partial charge on any atom is -0.290 e. The normalized spacial score (nSPS) is 17.4. The van der Waals surface area contributed by atoms with Crippen LogP contribution in [-0.2, 0) is 10.2 Å². The first-order valence-electron chi connectivity index (χ1n) is 5.36. The first-order valence-corrected chi connectivity index (χ1v) is 5.36. The van der Waals surface area contributed by atoms with E-state index in [9.17, 15) is 4.79 Å². The van der Waals surface area contributed by atoms with E-state index in [-0.39, 0.29) is 11.2 Å². The van der Waals surface area contributed by atoms with Gasteiger partial charge in [-0.2, -0.15) is 0 Å². The van der Waals surface area contributed by atoms with Crippen LogP contribution in [0, 0.1) is 0 Å². The molecule has 0 unspecified atom stereocenters. The fraction of sp³-hybridized carbons (Fsp3) is 0.133. The molecule has 0 bridgehead atoms. The van der Waals surface area contributed by atoms with E-state index in [1.165, 1.54) is 5.56 Å². The van der Waals surface area contributed by atoms with Crippen LogP contribution in [0.5, 0.6) is 0 Å². The first-order chi connectivity index (χ1) is 7.77. The Kier molecular flexibility index (Phi) is 2.86. The van der Waals surface area contributed by atoms with Gasteiger partial charge < -0.3 is 0 Å². The Morgan fingerprint density at radius 3 is 2.31 bits per heavy atom. The second kappa shape index (κ2) is 4.31. The highest BCUT2D eigenvalue weighted by Gasteiger charge is 2.27. The summed E-state index contributed by atoms with van der Waals surface area (Å²) in [7, 11) is 0. The standard InChI is InChI=1S/C15H14O/c1-2-10-15(11-8-14(16)9-12-15)13-6-4-3-5-7-13/h2-9,11-12H,1,10H2. The quantitative estimate of drug-likeness (QED) is 0.700. The highest BCUT2D eigenvalue weighted by atomic mass is 16.1. The second-order valence-electron chi connectivity index (χ2n) is 3.97. The predicted molar refractivity (Wildman–Crippen MR) is 66.2 cm³/mol. The van der Waals surface area contributed by atoms with Crippen molar-refractivity contribution in [2.24, 2.45) is 0 Å². The van der Waals surface area contributed by atoms with Crippen molar-refractivity contribution in [3.63, 3.8) is 0 Å². The van der Waals surface area contributed by atoms with Crippen LogP contribution in [0.3, 0.4) is 0 Å². The lowest BCUT2D eigenvalue weighted by Crippen LogP contribution is -2.22. The van der Waals surface area contributed by atoms with E-state index in [4.69, 9.17) is 0 Å². The minimum absolute atomic E-state index is 0.0515. The fourth-order valence-corrected chi connectivity index (χ4v) is 2.01. The Hall–Kier alpha value is -1.89. The molecule has 0 spiro atoms. The average molecular weight is 210 g/mol. The summed E-state index contributed by atoms with van der Waals surface area (Å²) in [5.41, 5.74) is 0.992.